The molecule has 0 saturated carbocycles. The molecule has 0 unspecified atom stereocenters. The fourth-order valence-electron chi connectivity index (χ4n) is 4.85. The lowest BCUT2D eigenvalue weighted by atomic mass is 10.0. The predicted octanol–water partition coefficient (Wildman–Crippen LogP) is 5.43. The van der Waals surface area contributed by atoms with E-state index in [1.54, 1.807) is 19.2 Å². The lowest BCUT2D eigenvalue weighted by Crippen LogP contribution is -2.22. The van der Waals surface area contributed by atoms with Gasteiger partial charge >= 0.3 is 0 Å². The van der Waals surface area contributed by atoms with Crippen LogP contribution in [-0.4, -0.2) is 19.5 Å². The zero-order valence-electron chi connectivity index (χ0n) is 20.1. The lowest BCUT2D eigenvalue weighted by Gasteiger charge is -2.14. The van der Waals surface area contributed by atoms with E-state index < -0.39 is 5.82 Å². The summed E-state index contributed by atoms with van der Waals surface area (Å²) in [5.41, 5.74) is 3.00. The smallest absolute Gasteiger partial charge is 0.276 e. The maximum Gasteiger partial charge on any atom is 0.276 e. The number of nitrogens with zero attached hydrogens (tertiary/aromatic N) is 3. The molecule has 2 aromatic heterocycles. The molecule has 0 aliphatic heterocycles. The number of hydrogen-bond donors (Lipinski definition) is 1. The van der Waals surface area contributed by atoms with E-state index in [1.807, 2.05) is 29.0 Å². The van der Waals surface area contributed by atoms with Crippen LogP contribution in [0.15, 0.2) is 71.7 Å². The lowest BCUT2D eigenvalue weighted by molar-refractivity contribution is 0.282. The van der Waals surface area contributed by atoms with E-state index >= 15 is 4.39 Å². The Labute approximate surface area is 203 Å². The van der Waals surface area contributed by atoms with Crippen LogP contribution in [0.1, 0.15) is 30.7 Å². The maximum atomic E-state index is 15.3. The Morgan fingerprint density at radius 3 is 2.57 bits per heavy atom. The van der Waals surface area contributed by atoms with Gasteiger partial charge in [-0.1, -0.05) is 62.4 Å². The van der Waals surface area contributed by atoms with Crippen molar-refractivity contribution < 1.29 is 9.50 Å². The van der Waals surface area contributed by atoms with Gasteiger partial charge in [0.1, 0.15) is 5.82 Å². The molecule has 0 saturated heterocycles. The Morgan fingerprint density at radius 2 is 1.80 bits per heavy atom. The van der Waals surface area contributed by atoms with Crippen LogP contribution in [0, 0.1) is 11.7 Å². The molecule has 178 valence electrons. The number of fused-ring (bicyclic) bond motifs is 2. The third kappa shape index (κ3) is 4.15. The standard InChI is InChI=1S/C29H28FN3O2/c1-18(2)13-26-24-16-33(15-21-9-6-8-20-7-4-5-10-22(20)21)28(27(24)29(35)32(3)31-26)23-14-19(17-34)11-12-25(23)30/h4-12,14,16,18,34H,13,15,17H2,1-3H3. The molecular weight excluding hydrogens is 441 g/mol. The summed E-state index contributed by atoms with van der Waals surface area (Å²) in [5.74, 6) is -0.104. The maximum absolute atomic E-state index is 15.3. The van der Waals surface area contributed by atoms with Crippen molar-refractivity contribution in [1.82, 2.24) is 14.3 Å². The van der Waals surface area contributed by atoms with E-state index in [2.05, 4.69) is 43.2 Å². The van der Waals surface area contributed by atoms with Crippen LogP contribution in [0.3, 0.4) is 0 Å². The molecule has 0 aliphatic carbocycles. The minimum Gasteiger partial charge on any atom is -0.392 e. The molecule has 0 bridgehead atoms. The van der Waals surface area contributed by atoms with Gasteiger partial charge < -0.3 is 9.67 Å². The molecule has 0 radical (unpaired) electrons. The average Bonchev–Trinajstić information content (AvgIpc) is 3.22. The highest BCUT2D eigenvalue weighted by molar-refractivity contribution is 5.97. The Kier molecular flexibility index (Phi) is 5.99. The largest absolute Gasteiger partial charge is 0.392 e. The highest BCUT2D eigenvalue weighted by atomic mass is 19.1. The second kappa shape index (κ2) is 9.12. The first-order valence-corrected chi connectivity index (χ1v) is 11.8. The summed E-state index contributed by atoms with van der Waals surface area (Å²) in [4.78, 5) is 13.4. The van der Waals surface area contributed by atoms with Gasteiger partial charge in [-0.25, -0.2) is 9.07 Å². The molecule has 0 spiro atoms. The SMILES string of the molecule is CC(C)Cc1nn(C)c(=O)c2c(-c3cc(CO)ccc3F)n(Cc3cccc4ccccc34)cc12. The quantitative estimate of drug-likeness (QED) is 0.361. The third-order valence-electron chi connectivity index (χ3n) is 6.46. The normalized spacial score (nSPS) is 11.7. The number of rotatable bonds is 6. The molecule has 0 atom stereocenters. The van der Waals surface area contributed by atoms with Crippen LogP contribution in [0.25, 0.3) is 32.8 Å². The van der Waals surface area contributed by atoms with Gasteiger partial charge in [-0.15, -0.1) is 0 Å². The monoisotopic (exact) mass is 469 g/mol. The molecule has 0 aliphatic rings. The minimum absolute atomic E-state index is 0.215. The van der Waals surface area contributed by atoms with Crippen LogP contribution in [-0.2, 0) is 26.6 Å². The fraction of sp³-hybridized carbons (Fsp3) is 0.241. The topological polar surface area (TPSA) is 60.1 Å². The molecule has 6 heteroatoms. The Hall–Kier alpha value is -3.77. The molecule has 5 nitrogen and oxygen atoms in total. The van der Waals surface area contributed by atoms with E-state index in [4.69, 9.17) is 0 Å². The van der Waals surface area contributed by atoms with Gasteiger partial charge in [0.25, 0.3) is 5.56 Å². The molecule has 2 heterocycles. The molecule has 35 heavy (non-hydrogen) atoms. The summed E-state index contributed by atoms with van der Waals surface area (Å²) in [5, 5.41) is 17.7. The summed E-state index contributed by atoms with van der Waals surface area (Å²) in [6.07, 6.45) is 2.63. The van der Waals surface area contributed by atoms with Crippen molar-refractivity contribution in [3.05, 3.63) is 99.9 Å². The molecule has 5 rings (SSSR count). The van der Waals surface area contributed by atoms with Gasteiger partial charge in [0, 0.05) is 30.7 Å². The number of hydrogen-bond acceptors (Lipinski definition) is 3. The number of halogens is 1. The van der Waals surface area contributed by atoms with Crippen molar-refractivity contribution >= 4 is 21.5 Å². The first kappa shape index (κ1) is 23.0. The Balaban J connectivity index is 1.84. The molecule has 5 aromatic rings. The van der Waals surface area contributed by atoms with Crippen LogP contribution in [0.4, 0.5) is 4.39 Å². The van der Waals surface area contributed by atoms with E-state index in [-0.39, 0.29) is 12.2 Å². The van der Waals surface area contributed by atoms with Gasteiger partial charge in [0.2, 0.25) is 0 Å². The zero-order valence-corrected chi connectivity index (χ0v) is 20.1. The van der Waals surface area contributed by atoms with Crippen molar-refractivity contribution in [2.24, 2.45) is 13.0 Å². The van der Waals surface area contributed by atoms with Crippen LogP contribution in [0.5, 0.6) is 0 Å². The van der Waals surface area contributed by atoms with Crippen molar-refractivity contribution in [1.29, 1.82) is 0 Å². The number of aryl methyl sites for hydroxylation is 1. The van der Waals surface area contributed by atoms with E-state index in [0.29, 0.717) is 41.1 Å². The summed E-state index contributed by atoms with van der Waals surface area (Å²) < 4.78 is 18.6. The van der Waals surface area contributed by atoms with Crippen LogP contribution in [0.2, 0.25) is 0 Å². The molecule has 0 amide bonds. The molecular formula is C29H28FN3O2. The van der Waals surface area contributed by atoms with Crippen LogP contribution >= 0.6 is 0 Å². The van der Waals surface area contributed by atoms with Crippen molar-refractivity contribution in [2.75, 3.05) is 0 Å². The molecule has 1 N–H and O–H groups in total. The fourth-order valence-corrected chi connectivity index (χ4v) is 4.85. The van der Waals surface area contributed by atoms with Crippen molar-refractivity contribution in [3.63, 3.8) is 0 Å². The summed E-state index contributed by atoms with van der Waals surface area (Å²) in [6.45, 7) is 4.46. The van der Waals surface area contributed by atoms with E-state index in [9.17, 15) is 9.90 Å². The van der Waals surface area contributed by atoms with Crippen LogP contribution < -0.4 is 5.56 Å². The van der Waals surface area contributed by atoms with Crippen molar-refractivity contribution in [2.45, 2.75) is 33.4 Å². The highest BCUT2D eigenvalue weighted by Crippen LogP contribution is 2.34. The van der Waals surface area contributed by atoms with Gasteiger partial charge in [-0.05, 0) is 46.4 Å². The zero-order chi connectivity index (χ0) is 24.7. The summed E-state index contributed by atoms with van der Waals surface area (Å²) in [6, 6.07) is 18.8. The van der Waals surface area contributed by atoms with Crippen molar-refractivity contribution in [3.8, 4) is 11.3 Å². The van der Waals surface area contributed by atoms with Gasteiger partial charge in [0.05, 0.1) is 23.4 Å². The number of benzene rings is 3. The highest BCUT2D eigenvalue weighted by Gasteiger charge is 2.23. The first-order valence-electron chi connectivity index (χ1n) is 11.8. The Bertz CT molecular complexity index is 1610. The third-order valence-corrected chi connectivity index (χ3v) is 6.46. The van der Waals surface area contributed by atoms with Gasteiger partial charge in [0.15, 0.2) is 0 Å². The number of aliphatic hydroxyl groups is 1. The van der Waals surface area contributed by atoms with E-state index in [0.717, 1.165) is 27.4 Å². The minimum atomic E-state index is -0.439. The van der Waals surface area contributed by atoms with E-state index in [1.165, 1.54) is 10.7 Å². The Morgan fingerprint density at radius 1 is 1.03 bits per heavy atom. The number of aromatic nitrogens is 3. The average molecular weight is 470 g/mol. The summed E-state index contributed by atoms with van der Waals surface area (Å²) >= 11 is 0. The van der Waals surface area contributed by atoms with Gasteiger partial charge in [-0.2, -0.15) is 5.10 Å². The number of aliphatic hydroxyl groups excluding tert-OH is 1. The second-order valence-electron chi connectivity index (χ2n) is 9.48. The second-order valence-corrected chi connectivity index (χ2v) is 9.48. The summed E-state index contributed by atoms with van der Waals surface area (Å²) in [7, 11) is 1.64. The molecule has 0 fully saturated rings. The first-order chi connectivity index (χ1) is 16.9. The van der Waals surface area contributed by atoms with Gasteiger partial charge in [-0.3, -0.25) is 4.79 Å². The molecule has 3 aromatic carbocycles. The predicted molar refractivity (Wildman–Crippen MR) is 138 cm³/mol.